The average Bonchev–Trinajstić information content (AvgIpc) is 3.36. The fourth-order valence-electron chi connectivity index (χ4n) is 3.67. The summed E-state index contributed by atoms with van der Waals surface area (Å²) in [6, 6.07) is 7.70. The Hall–Kier alpha value is -0.690. The van der Waals surface area contributed by atoms with Gasteiger partial charge in [0, 0.05) is 28.3 Å². The van der Waals surface area contributed by atoms with Crippen molar-refractivity contribution in [2.24, 2.45) is 10.1 Å². The highest BCUT2D eigenvalue weighted by Crippen LogP contribution is 2.41. The lowest BCUT2D eigenvalue weighted by Gasteiger charge is -2.37. The fourth-order valence-corrected chi connectivity index (χ4v) is 6.36. The van der Waals surface area contributed by atoms with Crippen LogP contribution in [0.4, 0.5) is 0 Å². The van der Waals surface area contributed by atoms with Crippen LogP contribution in [0.5, 0.6) is 0 Å². The minimum atomic E-state index is -3.65. The second-order valence-corrected chi connectivity index (χ2v) is 11.0. The highest BCUT2D eigenvalue weighted by atomic mass is 127. The molecule has 162 valence electrons. The van der Waals surface area contributed by atoms with Gasteiger partial charge in [0.2, 0.25) is 10.0 Å². The predicted octanol–water partition coefficient (Wildman–Crippen LogP) is 4.03. The van der Waals surface area contributed by atoms with Crippen LogP contribution in [-0.4, -0.2) is 27.5 Å². The maximum Gasteiger partial charge on any atom is 0.247 e. The van der Waals surface area contributed by atoms with Gasteiger partial charge in [0.05, 0.1) is 6.54 Å². The molecule has 0 saturated heterocycles. The van der Waals surface area contributed by atoms with Crippen LogP contribution in [-0.2, 0) is 22.0 Å². The predicted molar refractivity (Wildman–Crippen MR) is 133 cm³/mol. The van der Waals surface area contributed by atoms with Gasteiger partial charge in [-0.05, 0) is 43.3 Å². The van der Waals surface area contributed by atoms with Gasteiger partial charge in [0.1, 0.15) is 4.21 Å². The molecule has 4 N–H and O–H groups in total. The van der Waals surface area contributed by atoms with Gasteiger partial charge in [-0.1, -0.05) is 25.3 Å². The number of nitrogens with one attached hydrogen (secondary N) is 2. The molecule has 0 atom stereocenters. The zero-order chi connectivity index (χ0) is 20.0. The third-order valence-electron chi connectivity index (χ3n) is 5.10. The Bertz CT molecular complexity index is 888. The van der Waals surface area contributed by atoms with Crippen LogP contribution in [0, 0.1) is 0 Å². The van der Waals surface area contributed by atoms with E-state index >= 15 is 0 Å². The van der Waals surface area contributed by atoms with Gasteiger partial charge in [-0.2, -0.15) is 0 Å². The molecular weight excluding hydrogens is 539 g/mol. The standard InChI is InChI=1S/C19H28N4O2S3.HI/c1-2-21-18(22-13-15-8-9-17(27-15)28(20,24)25)23-14-19(10-4-3-5-11-19)16-7-6-12-26-16;/h6-9,12H,2-5,10-11,13-14H2,1H3,(H2,20,24,25)(H2,21,22,23);1H. The van der Waals surface area contributed by atoms with E-state index in [1.807, 2.05) is 18.3 Å². The summed E-state index contributed by atoms with van der Waals surface area (Å²) in [6.07, 6.45) is 6.23. The highest BCUT2D eigenvalue weighted by Gasteiger charge is 2.34. The number of hydrogen-bond acceptors (Lipinski definition) is 5. The van der Waals surface area contributed by atoms with Crippen LogP contribution in [0.3, 0.4) is 0 Å². The third kappa shape index (κ3) is 6.65. The number of nitrogens with zero attached hydrogens (tertiary/aromatic N) is 1. The maximum absolute atomic E-state index is 11.4. The Balaban J connectivity index is 0.00000300. The van der Waals surface area contributed by atoms with Gasteiger partial charge in [-0.15, -0.1) is 46.7 Å². The second kappa shape index (κ2) is 11.1. The fraction of sp³-hybridized carbons (Fsp3) is 0.526. The largest absolute Gasteiger partial charge is 0.357 e. The maximum atomic E-state index is 11.4. The number of guanidine groups is 1. The second-order valence-electron chi connectivity index (χ2n) is 7.13. The molecule has 2 aromatic heterocycles. The molecule has 1 saturated carbocycles. The number of aliphatic imine (C=N–C) groups is 1. The summed E-state index contributed by atoms with van der Waals surface area (Å²) in [5.74, 6) is 0.759. The molecule has 1 aliphatic rings. The van der Waals surface area contributed by atoms with E-state index in [2.05, 4.69) is 33.1 Å². The van der Waals surface area contributed by atoms with Crippen LogP contribution in [0.2, 0.25) is 0 Å². The van der Waals surface area contributed by atoms with Gasteiger partial charge in [-0.25, -0.2) is 18.5 Å². The summed E-state index contributed by atoms with van der Waals surface area (Å²) in [5.41, 5.74) is 0.173. The van der Waals surface area contributed by atoms with Crippen LogP contribution in [0.15, 0.2) is 38.8 Å². The van der Waals surface area contributed by atoms with Crippen LogP contribution in [0.1, 0.15) is 48.8 Å². The topological polar surface area (TPSA) is 96.6 Å². The molecule has 1 fully saturated rings. The monoisotopic (exact) mass is 568 g/mol. The Labute approximate surface area is 198 Å². The summed E-state index contributed by atoms with van der Waals surface area (Å²) in [5, 5.41) is 14.2. The van der Waals surface area contributed by atoms with Gasteiger partial charge in [0.25, 0.3) is 0 Å². The lowest BCUT2D eigenvalue weighted by molar-refractivity contribution is 0.296. The number of nitrogens with two attached hydrogens (primary N) is 1. The zero-order valence-electron chi connectivity index (χ0n) is 16.5. The first-order chi connectivity index (χ1) is 13.4. The van der Waals surface area contributed by atoms with E-state index < -0.39 is 10.0 Å². The van der Waals surface area contributed by atoms with Crippen molar-refractivity contribution in [3.63, 3.8) is 0 Å². The smallest absolute Gasteiger partial charge is 0.247 e. The Morgan fingerprint density at radius 1 is 1.21 bits per heavy atom. The normalized spacial score (nSPS) is 16.8. The lowest BCUT2D eigenvalue weighted by Crippen LogP contribution is -2.46. The van der Waals surface area contributed by atoms with E-state index in [1.54, 1.807) is 12.1 Å². The van der Waals surface area contributed by atoms with E-state index in [-0.39, 0.29) is 33.6 Å². The zero-order valence-corrected chi connectivity index (χ0v) is 21.3. The lowest BCUT2D eigenvalue weighted by atomic mass is 9.73. The van der Waals surface area contributed by atoms with E-state index in [4.69, 9.17) is 5.14 Å². The van der Waals surface area contributed by atoms with Crippen molar-refractivity contribution in [3.05, 3.63) is 39.4 Å². The summed E-state index contributed by atoms with van der Waals surface area (Å²) in [6.45, 7) is 4.08. The number of hydrogen-bond donors (Lipinski definition) is 3. The Morgan fingerprint density at radius 2 is 1.97 bits per heavy atom. The quantitative estimate of drug-likeness (QED) is 0.267. The van der Waals surface area contributed by atoms with Gasteiger partial charge < -0.3 is 10.6 Å². The number of primary sulfonamides is 1. The van der Waals surface area contributed by atoms with E-state index in [0.29, 0.717) is 6.54 Å². The van der Waals surface area contributed by atoms with Crippen molar-refractivity contribution in [1.29, 1.82) is 0 Å². The van der Waals surface area contributed by atoms with Gasteiger partial charge >= 0.3 is 0 Å². The summed E-state index contributed by atoms with van der Waals surface area (Å²) >= 11 is 3.01. The molecular formula is C19H29IN4O2S3. The molecule has 10 heteroatoms. The van der Waals surface area contributed by atoms with Crippen molar-refractivity contribution in [1.82, 2.24) is 10.6 Å². The van der Waals surface area contributed by atoms with E-state index in [9.17, 15) is 8.42 Å². The molecule has 0 aliphatic heterocycles. The minimum Gasteiger partial charge on any atom is -0.357 e. The molecule has 0 aromatic carbocycles. The van der Waals surface area contributed by atoms with E-state index in [1.165, 1.54) is 48.3 Å². The Morgan fingerprint density at radius 3 is 2.55 bits per heavy atom. The first-order valence-electron chi connectivity index (χ1n) is 9.61. The highest BCUT2D eigenvalue weighted by molar-refractivity contribution is 14.0. The number of thiophene rings is 2. The number of sulfonamides is 1. The van der Waals surface area contributed by atoms with Crippen molar-refractivity contribution in [2.45, 2.75) is 55.2 Å². The molecule has 6 nitrogen and oxygen atoms in total. The molecule has 0 spiro atoms. The van der Waals surface area contributed by atoms with Gasteiger partial charge in [-0.3, -0.25) is 0 Å². The SMILES string of the molecule is CCNC(=NCc1ccc(S(N)(=O)=O)s1)NCC1(c2cccs2)CCCCC1.I. The number of halogens is 1. The molecule has 1 aliphatic carbocycles. The summed E-state index contributed by atoms with van der Waals surface area (Å²) < 4.78 is 23.1. The first kappa shape index (κ1) is 24.6. The summed E-state index contributed by atoms with van der Waals surface area (Å²) in [4.78, 5) is 6.97. The molecule has 0 amide bonds. The molecule has 0 unspecified atom stereocenters. The minimum absolute atomic E-state index is 0. The van der Waals surface area contributed by atoms with Gasteiger partial charge in [0.15, 0.2) is 5.96 Å². The van der Waals surface area contributed by atoms with Crippen LogP contribution in [0.25, 0.3) is 0 Å². The molecule has 0 radical (unpaired) electrons. The average molecular weight is 569 g/mol. The molecule has 2 aromatic rings. The number of rotatable bonds is 7. The Kier molecular flexibility index (Phi) is 9.39. The van der Waals surface area contributed by atoms with Crippen molar-refractivity contribution >= 4 is 62.6 Å². The molecule has 29 heavy (non-hydrogen) atoms. The molecule has 3 rings (SSSR count). The van der Waals surface area contributed by atoms with E-state index in [0.717, 1.165) is 23.9 Å². The van der Waals surface area contributed by atoms with Crippen LogP contribution >= 0.6 is 46.7 Å². The summed E-state index contributed by atoms with van der Waals surface area (Å²) in [7, 11) is -3.65. The van der Waals surface area contributed by atoms with Crippen LogP contribution < -0.4 is 15.8 Å². The third-order valence-corrected chi connectivity index (χ3v) is 8.73. The molecule has 0 bridgehead atoms. The molecule has 2 heterocycles. The van der Waals surface area contributed by atoms with Crippen molar-refractivity contribution in [3.8, 4) is 0 Å². The first-order valence-corrected chi connectivity index (χ1v) is 12.8. The van der Waals surface area contributed by atoms with Crippen molar-refractivity contribution in [2.75, 3.05) is 13.1 Å². The van der Waals surface area contributed by atoms with Crippen molar-refractivity contribution < 1.29 is 8.42 Å².